The van der Waals surface area contributed by atoms with E-state index in [0.717, 1.165) is 43.5 Å². The first-order chi connectivity index (χ1) is 12.8. The lowest BCUT2D eigenvalue weighted by Gasteiger charge is -2.37. The van der Waals surface area contributed by atoms with E-state index in [2.05, 4.69) is 15.4 Å². The van der Waals surface area contributed by atoms with Crippen LogP contribution in [0.2, 0.25) is 0 Å². The van der Waals surface area contributed by atoms with E-state index < -0.39 is 10.0 Å². The smallest absolute Gasteiger partial charge is 0.228 e. The summed E-state index contributed by atoms with van der Waals surface area (Å²) in [5.41, 5.74) is 1.48. The fourth-order valence-electron chi connectivity index (χ4n) is 4.42. The van der Waals surface area contributed by atoms with Gasteiger partial charge in [0.1, 0.15) is 0 Å². The lowest BCUT2D eigenvalue weighted by atomic mass is 9.67. The summed E-state index contributed by atoms with van der Waals surface area (Å²) >= 11 is 0. The summed E-state index contributed by atoms with van der Waals surface area (Å²) in [7, 11) is -3.32. The Bertz CT molecular complexity index is 761. The normalized spacial score (nSPS) is 25.4. The van der Waals surface area contributed by atoms with Crippen LogP contribution in [-0.4, -0.2) is 33.5 Å². The molecule has 2 atom stereocenters. The number of amides is 1. The quantitative estimate of drug-likeness (QED) is 0.660. The molecule has 27 heavy (non-hydrogen) atoms. The molecule has 0 spiro atoms. The van der Waals surface area contributed by atoms with E-state index in [-0.39, 0.29) is 23.1 Å². The van der Waals surface area contributed by atoms with Crippen LogP contribution in [-0.2, 0) is 27.1 Å². The molecule has 3 rings (SSSR count). The van der Waals surface area contributed by atoms with Gasteiger partial charge in [0.05, 0.1) is 11.2 Å². The van der Waals surface area contributed by atoms with Crippen molar-refractivity contribution in [2.75, 3.05) is 13.1 Å². The molecule has 2 fully saturated rings. The van der Waals surface area contributed by atoms with Crippen LogP contribution in [0.3, 0.4) is 0 Å². The maximum atomic E-state index is 12.9. The first-order valence-electron chi connectivity index (χ1n) is 9.88. The molecule has 6 nitrogen and oxygen atoms in total. The first-order valence-corrected chi connectivity index (χ1v) is 11.5. The van der Waals surface area contributed by atoms with Crippen LogP contribution in [0.5, 0.6) is 0 Å². The number of sulfonamides is 1. The summed E-state index contributed by atoms with van der Waals surface area (Å²) in [6.07, 6.45) is 4.45. The summed E-state index contributed by atoms with van der Waals surface area (Å²) in [5.74, 6) is 0.575. The monoisotopic (exact) mass is 393 g/mol. The van der Waals surface area contributed by atoms with Gasteiger partial charge in [-0.3, -0.25) is 4.79 Å². The molecule has 2 aliphatic rings. The molecular weight excluding hydrogens is 362 g/mol. The highest BCUT2D eigenvalue weighted by Crippen LogP contribution is 2.43. The molecule has 0 unspecified atom stereocenters. The maximum Gasteiger partial charge on any atom is 0.228 e. The van der Waals surface area contributed by atoms with Gasteiger partial charge in [0, 0.05) is 19.1 Å². The number of carbonyl (C=O) groups is 1. The van der Waals surface area contributed by atoms with Crippen molar-refractivity contribution >= 4 is 15.9 Å². The van der Waals surface area contributed by atoms with E-state index in [0.29, 0.717) is 12.5 Å². The van der Waals surface area contributed by atoms with Crippen molar-refractivity contribution in [3.05, 3.63) is 35.4 Å². The highest BCUT2D eigenvalue weighted by molar-refractivity contribution is 7.88. The third kappa shape index (κ3) is 4.89. The molecule has 1 heterocycles. The van der Waals surface area contributed by atoms with Crippen molar-refractivity contribution < 1.29 is 13.2 Å². The number of rotatable bonds is 7. The topological polar surface area (TPSA) is 87.3 Å². The summed E-state index contributed by atoms with van der Waals surface area (Å²) < 4.78 is 26.6. The van der Waals surface area contributed by atoms with Gasteiger partial charge in [0.25, 0.3) is 0 Å². The van der Waals surface area contributed by atoms with Crippen LogP contribution >= 0.6 is 0 Å². The van der Waals surface area contributed by atoms with Crippen LogP contribution in [0.25, 0.3) is 0 Å². The fourth-order valence-corrected chi connectivity index (χ4v) is 5.86. The van der Waals surface area contributed by atoms with Gasteiger partial charge in [0.15, 0.2) is 0 Å². The van der Waals surface area contributed by atoms with Crippen molar-refractivity contribution in [3.8, 4) is 0 Å². The van der Waals surface area contributed by atoms with Gasteiger partial charge in [-0.2, -0.15) is 0 Å². The molecule has 0 radical (unpaired) electrons. The first kappa shape index (κ1) is 20.3. The van der Waals surface area contributed by atoms with Crippen LogP contribution in [0, 0.1) is 11.3 Å². The van der Waals surface area contributed by atoms with Gasteiger partial charge < -0.3 is 10.6 Å². The maximum absolute atomic E-state index is 12.9. The molecule has 1 aliphatic carbocycles. The van der Waals surface area contributed by atoms with Crippen LogP contribution < -0.4 is 15.4 Å². The summed E-state index contributed by atoms with van der Waals surface area (Å²) in [4.78, 5) is 12.9. The highest BCUT2D eigenvalue weighted by atomic mass is 32.2. The Balaban J connectivity index is 1.56. The van der Waals surface area contributed by atoms with E-state index in [1.807, 2.05) is 24.3 Å². The van der Waals surface area contributed by atoms with Crippen molar-refractivity contribution in [2.24, 2.45) is 11.3 Å². The molecule has 0 bridgehead atoms. The number of carbonyl (C=O) groups excluding carboxylic acids is 1. The number of nitrogens with one attached hydrogen (secondary N) is 3. The van der Waals surface area contributed by atoms with Gasteiger partial charge in [0.2, 0.25) is 15.9 Å². The molecule has 1 aromatic rings. The van der Waals surface area contributed by atoms with Crippen molar-refractivity contribution in [2.45, 2.75) is 57.9 Å². The molecular formula is C20H31N3O3S. The molecule has 1 saturated carbocycles. The van der Waals surface area contributed by atoms with Gasteiger partial charge >= 0.3 is 0 Å². The van der Waals surface area contributed by atoms with Crippen molar-refractivity contribution in [3.63, 3.8) is 0 Å². The van der Waals surface area contributed by atoms with E-state index in [9.17, 15) is 13.2 Å². The number of hydrogen-bond acceptors (Lipinski definition) is 4. The zero-order valence-corrected chi connectivity index (χ0v) is 17.1. The molecule has 1 aliphatic heterocycles. The minimum atomic E-state index is -3.32. The molecule has 0 aromatic heterocycles. The van der Waals surface area contributed by atoms with Crippen LogP contribution in [0.4, 0.5) is 0 Å². The predicted octanol–water partition coefficient (Wildman–Crippen LogP) is 1.91. The molecule has 150 valence electrons. The molecule has 1 saturated heterocycles. The lowest BCUT2D eigenvalue weighted by Crippen LogP contribution is -2.47. The summed E-state index contributed by atoms with van der Waals surface area (Å²) in [6.45, 7) is 5.81. The standard InChI is InChI=1S/C20H31N3O3S/c1-15(2)23-27(25,26)13-17-8-6-16(7-9-17)11-22-19(24)20-10-4-3-5-18(20)12-21-14-20/h6-9,15,18,21,23H,3-5,10-14H2,1-2H3,(H,22,24)/t18-,20+/m0/s1. The molecule has 1 aromatic carbocycles. The Hall–Kier alpha value is -1.44. The number of hydrogen-bond donors (Lipinski definition) is 3. The van der Waals surface area contributed by atoms with Crippen molar-refractivity contribution in [1.29, 1.82) is 0 Å². The summed E-state index contributed by atoms with van der Waals surface area (Å²) in [5, 5.41) is 6.52. The number of benzene rings is 1. The second-order valence-electron chi connectivity index (χ2n) is 8.26. The zero-order chi connectivity index (χ0) is 19.5. The molecule has 3 N–H and O–H groups in total. The second kappa shape index (κ2) is 8.29. The average Bonchev–Trinajstić information content (AvgIpc) is 3.04. The van der Waals surface area contributed by atoms with E-state index >= 15 is 0 Å². The van der Waals surface area contributed by atoms with Gasteiger partial charge in [-0.05, 0) is 50.3 Å². The predicted molar refractivity (Wildman–Crippen MR) is 106 cm³/mol. The summed E-state index contributed by atoms with van der Waals surface area (Å²) in [6, 6.07) is 7.31. The van der Waals surface area contributed by atoms with E-state index in [1.165, 1.54) is 6.42 Å². The molecule has 7 heteroatoms. The Kier molecular flexibility index (Phi) is 6.23. The van der Waals surface area contributed by atoms with E-state index in [4.69, 9.17) is 0 Å². The van der Waals surface area contributed by atoms with Crippen LogP contribution in [0.1, 0.15) is 50.7 Å². The van der Waals surface area contributed by atoms with Crippen molar-refractivity contribution in [1.82, 2.24) is 15.4 Å². The zero-order valence-electron chi connectivity index (χ0n) is 16.3. The minimum absolute atomic E-state index is 0.0335. The van der Waals surface area contributed by atoms with Gasteiger partial charge in [-0.1, -0.05) is 37.1 Å². The van der Waals surface area contributed by atoms with Gasteiger partial charge in [-0.15, -0.1) is 0 Å². The Morgan fingerprint density at radius 2 is 1.93 bits per heavy atom. The Morgan fingerprint density at radius 1 is 1.22 bits per heavy atom. The highest BCUT2D eigenvalue weighted by Gasteiger charge is 2.49. The molecule has 1 amide bonds. The van der Waals surface area contributed by atoms with Crippen LogP contribution in [0.15, 0.2) is 24.3 Å². The third-order valence-corrected chi connectivity index (χ3v) is 7.28. The Morgan fingerprint density at radius 3 is 2.63 bits per heavy atom. The SMILES string of the molecule is CC(C)NS(=O)(=O)Cc1ccc(CNC(=O)[C@@]23CCCC[C@H]2CNC3)cc1. The Labute approximate surface area is 162 Å². The van der Waals surface area contributed by atoms with Gasteiger partial charge in [-0.25, -0.2) is 13.1 Å². The third-order valence-electron chi connectivity index (χ3n) is 5.74. The number of fused-ring (bicyclic) bond motifs is 1. The minimum Gasteiger partial charge on any atom is -0.351 e. The lowest BCUT2D eigenvalue weighted by molar-refractivity contribution is -0.134. The fraction of sp³-hybridized carbons (Fsp3) is 0.650. The average molecular weight is 394 g/mol. The largest absolute Gasteiger partial charge is 0.351 e. The van der Waals surface area contributed by atoms with E-state index in [1.54, 1.807) is 13.8 Å². The second-order valence-corrected chi connectivity index (χ2v) is 10.0.